The average Bonchev–Trinajstić information content (AvgIpc) is 2.48. The van der Waals surface area contributed by atoms with Gasteiger partial charge in [0.05, 0.1) is 31.2 Å². The molecule has 0 aromatic carbocycles. The topological polar surface area (TPSA) is 68.3 Å². The number of ether oxygens (including phenoxy) is 3. The highest BCUT2D eigenvalue weighted by molar-refractivity contribution is 5.72. The first-order valence-electron chi connectivity index (χ1n) is 8.34. The molecule has 3 atom stereocenters. The van der Waals surface area contributed by atoms with Gasteiger partial charge in [0.15, 0.2) is 0 Å². The van der Waals surface area contributed by atoms with Crippen LogP contribution in [0.5, 0.6) is 0 Å². The van der Waals surface area contributed by atoms with Crippen molar-refractivity contribution in [2.24, 2.45) is 5.92 Å². The molecule has 2 rings (SSSR count). The average molecular weight is 330 g/mol. The Bertz CT molecular complexity index is 388. The van der Waals surface area contributed by atoms with Crippen molar-refractivity contribution in [3.63, 3.8) is 0 Å². The van der Waals surface area contributed by atoms with Gasteiger partial charge in [0.25, 0.3) is 0 Å². The Morgan fingerprint density at radius 2 is 1.57 bits per heavy atom. The third-order valence-corrected chi connectivity index (χ3v) is 3.91. The van der Waals surface area contributed by atoms with E-state index in [0.717, 1.165) is 0 Å². The summed E-state index contributed by atoms with van der Waals surface area (Å²) in [6.07, 6.45) is -1.31. The third kappa shape index (κ3) is 5.35. The Morgan fingerprint density at radius 1 is 1.04 bits per heavy atom. The fraction of sp³-hybridized carbons (Fsp3) is 0.875. The lowest BCUT2D eigenvalue weighted by atomic mass is 10.1. The summed E-state index contributed by atoms with van der Waals surface area (Å²) in [7, 11) is 2.05. The van der Waals surface area contributed by atoms with Gasteiger partial charge in [-0.15, -0.1) is 0 Å². The normalized spacial score (nSPS) is 25.3. The first-order chi connectivity index (χ1) is 10.9. The molecule has 7 nitrogen and oxygen atoms in total. The maximum atomic E-state index is 12.2. The van der Waals surface area contributed by atoms with Gasteiger partial charge in [-0.3, -0.25) is 9.69 Å². The molecule has 3 unspecified atom stereocenters. The number of amides is 1. The molecule has 134 valence electrons. The summed E-state index contributed by atoms with van der Waals surface area (Å²) in [5, 5.41) is 0. The highest BCUT2D eigenvalue weighted by atomic mass is 16.7. The molecule has 2 fully saturated rings. The van der Waals surface area contributed by atoms with Crippen LogP contribution in [-0.4, -0.2) is 73.6 Å². The second-order valence-corrected chi connectivity index (χ2v) is 5.96. The van der Waals surface area contributed by atoms with E-state index in [1.165, 1.54) is 0 Å². The van der Waals surface area contributed by atoms with Crippen molar-refractivity contribution in [1.82, 2.24) is 9.80 Å². The number of morpholine rings is 1. The van der Waals surface area contributed by atoms with Crippen molar-refractivity contribution >= 4 is 12.1 Å². The SMILES string of the molecule is CC.CC(OC(=O)C(C)C)OC(=O)N1CC2COCC(C1)N2C. The number of rotatable bonds is 3. The van der Waals surface area contributed by atoms with E-state index in [1.807, 2.05) is 20.9 Å². The van der Waals surface area contributed by atoms with Crippen LogP contribution >= 0.6 is 0 Å². The number of fused-ring (bicyclic) bond motifs is 2. The summed E-state index contributed by atoms with van der Waals surface area (Å²) < 4.78 is 15.7. The summed E-state index contributed by atoms with van der Waals surface area (Å²) >= 11 is 0. The van der Waals surface area contributed by atoms with E-state index in [9.17, 15) is 9.59 Å². The Kier molecular flexibility index (Phi) is 7.78. The van der Waals surface area contributed by atoms with Crippen LogP contribution in [0.25, 0.3) is 0 Å². The van der Waals surface area contributed by atoms with Crippen molar-refractivity contribution in [2.75, 3.05) is 33.4 Å². The van der Waals surface area contributed by atoms with Gasteiger partial charge in [-0.2, -0.15) is 0 Å². The van der Waals surface area contributed by atoms with E-state index in [4.69, 9.17) is 14.2 Å². The lowest BCUT2D eigenvalue weighted by molar-refractivity contribution is -0.171. The van der Waals surface area contributed by atoms with Gasteiger partial charge in [-0.05, 0) is 7.05 Å². The van der Waals surface area contributed by atoms with Crippen molar-refractivity contribution in [3.8, 4) is 0 Å². The zero-order valence-electron chi connectivity index (χ0n) is 15.1. The molecule has 0 aromatic heterocycles. The van der Waals surface area contributed by atoms with Gasteiger partial charge in [-0.1, -0.05) is 27.7 Å². The fourth-order valence-electron chi connectivity index (χ4n) is 2.51. The largest absolute Gasteiger partial charge is 0.425 e. The third-order valence-electron chi connectivity index (χ3n) is 3.91. The lowest BCUT2D eigenvalue weighted by Crippen LogP contribution is -2.64. The van der Waals surface area contributed by atoms with Crippen LogP contribution in [0.1, 0.15) is 34.6 Å². The number of carbonyl (C=O) groups is 2. The van der Waals surface area contributed by atoms with E-state index in [-0.39, 0.29) is 24.0 Å². The van der Waals surface area contributed by atoms with E-state index in [1.54, 1.807) is 25.7 Å². The number of carbonyl (C=O) groups excluding carboxylic acids is 2. The second-order valence-electron chi connectivity index (χ2n) is 5.96. The predicted octanol–water partition coefficient (Wildman–Crippen LogP) is 1.71. The standard InChI is InChI=1S/C14H24N2O5.C2H6/c1-9(2)13(17)20-10(3)21-14(18)16-5-11-7-19-8-12(6-16)15(11)4;1-2/h9-12H,5-8H2,1-4H3;1-2H3. The van der Waals surface area contributed by atoms with Gasteiger partial charge in [-0.25, -0.2) is 4.79 Å². The summed E-state index contributed by atoms with van der Waals surface area (Å²) in [5.41, 5.74) is 0. The molecular weight excluding hydrogens is 300 g/mol. The van der Waals surface area contributed by atoms with Crippen LogP contribution in [0.3, 0.4) is 0 Å². The van der Waals surface area contributed by atoms with Gasteiger partial charge >= 0.3 is 12.1 Å². The number of nitrogens with zero attached hydrogens (tertiary/aromatic N) is 2. The second kappa shape index (κ2) is 9.08. The molecule has 0 saturated carbocycles. The Hall–Kier alpha value is -1.34. The molecule has 0 aromatic rings. The van der Waals surface area contributed by atoms with Gasteiger partial charge in [0.1, 0.15) is 0 Å². The zero-order valence-corrected chi connectivity index (χ0v) is 15.1. The van der Waals surface area contributed by atoms with E-state index in [2.05, 4.69) is 4.90 Å². The summed E-state index contributed by atoms with van der Waals surface area (Å²) in [6, 6.07) is 0.386. The summed E-state index contributed by atoms with van der Waals surface area (Å²) in [5.74, 6) is -0.620. The number of hydrogen-bond donors (Lipinski definition) is 0. The minimum absolute atomic E-state index is 0.193. The molecule has 23 heavy (non-hydrogen) atoms. The van der Waals surface area contributed by atoms with Crippen LogP contribution in [0.15, 0.2) is 0 Å². The maximum Gasteiger partial charge on any atom is 0.412 e. The summed E-state index contributed by atoms with van der Waals surface area (Å²) in [4.78, 5) is 27.5. The number of likely N-dealkylation sites (N-methyl/N-ethyl adjacent to an activating group) is 1. The first kappa shape index (κ1) is 19.7. The van der Waals surface area contributed by atoms with Gasteiger partial charge < -0.3 is 19.1 Å². The van der Waals surface area contributed by atoms with Crippen molar-refractivity contribution in [3.05, 3.63) is 0 Å². The van der Waals surface area contributed by atoms with Crippen molar-refractivity contribution in [1.29, 1.82) is 0 Å². The lowest BCUT2D eigenvalue weighted by Gasteiger charge is -2.47. The van der Waals surface area contributed by atoms with Crippen molar-refractivity contribution in [2.45, 2.75) is 53.0 Å². The first-order valence-corrected chi connectivity index (χ1v) is 8.34. The minimum Gasteiger partial charge on any atom is -0.425 e. The van der Waals surface area contributed by atoms with Crippen LogP contribution in [0.4, 0.5) is 4.79 Å². The predicted molar refractivity (Wildman–Crippen MR) is 86.0 cm³/mol. The van der Waals surface area contributed by atoms with E-state index < -0.39 is 12.4 Å². The van der Waals surface area contributed by atoms with Crippen molar-refractivity contribution < 1.29 is 23.8 Å². The van der Waals surface area contributed by atoms with E-state index >= 15 is 0 Å². The maximum absolute atomic E-state index is 12.2. The number of esters is 1. The van der Waals surface area contributed by atoms with E-state index in [0.29, 0.717) is 26.3 Å². The smallest absolute Gasteiger partial charge is 0.412 e. The number of piperazine rings is 1. The Balaban J connectivity index is 0.00000127. The molecule has 2 aliphatic rings. The molecule has 0 aliphatic carbocycles. The molecule has 2 heterocycles. The quantitative estimate of drug-likeness (QED) is 0.580. The Labute approximate surface area is 138 Å². The molecule has 0 N–H and O–H groups in total. The molecule has 0 spiro atoms. The van der Waals surface area contributed by atoms with Gasteiger partial charge in [0.2, 0.25) is 6.29 Å². The van der Waals surface area contributed by atoms with Crippen LogP contribution in [-0.2, 0) is 19.0 Å². The molecule has 7 heteroatoms. The van der Waals surface area contributed by atoms with Crippen LogP contribution in [0, 0.1) is 5.92 Å². The summed E-state index contributed by atoms with van der Waals surface area (Å²) in [6.45, 7) is 11.4. The Morgan fingerprint density at radius 3 is 2.04 bits per heavy atom. The zero-order chi connectivity index (χ0) is 17.6. The monoisotopic (exact) mass is 330 g/mol. The highest BCUT2D eigenvalue weighted by Gasteiger charge is 2.38. The molecule has 1 amide bonds. The fourth-order valence-corrected chi connectivity index (χ4v) is 2.51. The van der Waals surface area contributed by atoms with Gasteiger partial charge in [0, 0.05) is 20.0 Å². The van der Waals surface area contributed by atoms with Crippen LogP contribution in [0.2, 0.25) is 0 Å². The minimum atomic E-state index is -0.872. The molecule has 2 saturated heterocycles. The molecule has 0 radical (unpaired) electrons. The molecule has 2 bridgehead atoms. The highest BCUT2D eigenvalue weighted by Crippen LogP contribution is 2.20. The molecule has 2 aliphatic heterocycles. The molecular formula is C16H30N2O5. The van der Waals surface area contributed by atoms with Crippen LogP contribution < -0.4 is 0 Å². The number of hydrogen-bond acceptors (Lipinski definition) is 6.